The van der Waals surface area contributed by atoms with Gasteiger partial charge in [-0.05, 0) is 50.6 Å². The molecule has 4 nitrogen and oxygen atoms in total. The lowest BCUT2D eigenvalue weighted by Crippen LogP contribution is -2.42. The summed E-state index contributed by atoms with van der Waals surface area (Å²) >= 11 is 0. The zero-order valence-electron chi connectivity index (χ0n) is 16.4. The van der Waals surface area contributed by atoms with E-state index >= 15 is 0 Å². The molecular formula is C21H39NO3. The third-order valence-electron chi connectivity index (χ3n) is 6.48. The maximum absolute atomic E-state index is 12.9. The highest BCUT2D eigenvalue weighted by molar-refractivity contribution is 5.73. The summed E-state index contributed by atoms with van der Waals surface area (Å²) in [7, 11) is 0. The molecule has 2 saturated carbocycles. The van der Waals surface area contributed by atoms with E-state index in [9.17, 15) is 9.90 Å². The lowest BCUT2D eigenvalue weighted by molar-refractivity contribution is -0.159. The van der Waals surface area contributed by atoms with Crippen LogP contribution in [-0.2, 0) is 9.53 Å². The third kappa shape index (κ3) is 6.25. The van der Waals surface area contributed by atoms with Gasteiger partial charge in [-0.1, -0.05) is 52.4 Å². The maximum Gasteiger partial charge on any atom is 0.311 e. The molecule has 1 N–H and O–H groups in total. The first kappa shape index (κ1) is 20.7. The second-order valence-electron chi connectivity index (χ2n) is 8.01. The van der Waals surface area contributed by atoms with Crippen molar-refractivity contribution in [2.24, 2.45) is 17.8 Å². The molecule has 2 aliphatic carbocycles. The largest absolute Gasteiger partial charge is 0.464 e. The van der Waals surface area contributed by atoms with Crippen LogP contribution in [0.15, 0.2) is 0 Å². The van der Waals surface area contributed by atoms with E-state index in [1.54, 1.807) is 0 Å². The molecule has 0 radical (unpaired) electrons. The number of aliphatic hydroxyl groups excluding tert-OH is 1. The van der Waals surface area contributed by atoms with Crippen LogP contribution in [0.25, 0.3) is 0 Å². The topological polar surface area (TPSA) is 49.8 Å². The van der Waals surface area contributed by atoms with Crippen LogP contribution in [0.5, 0.6) is 0 Å². The molecule has 0 saturated heterocycles. The van der Waals surface area contributed by atoms with Crippen LogP contribution < -0.4 is 0 Å². The van der Waals surface area contributed by atoms with E-state index in [0.717, 1.165) is 45.3 Å². The molecule has 0 aromatic heterocycles. The number of ether oxygens (including phenoxy) is 1. The van der Waals surface area contributed by atoms with E-state index in [0.29, 0.717) is 12.5 Å². The van der Waals surface area contributed by atoms with Crippen LogP contribution in [0, 0.1) is 17.8 Å². The van der Waals surface area contributed by atoms with Crippen molar-refractivity contribution in [3.8, 4) is 0 Å². The summed E-state index contributed by atoms with van der Waals surface area (Å²) < 4.78 is 5.66. The monoisotopic (exact) mass is 353 g/mol. The summed E-state index contributed by atoms with van der Waals surface area (Å²) in [5, 5.41) is 11.0. The number of hydrogen-bond acceptors (Lipinski definition) is 4. The van der Waals surface area contributed by atoms with Crippen molar-refractivity contribution in [1.29, 1.82) is 0 Å². The predicted octanol–water partition coefficient (Wildman–Crippen LogP) is 4.01. The summed E-state index contributed by atoms with van der Waals surface area (Å²) in [4.78, 5) is 15.1. The summed E-state index contributed by atoms with van der Waals surface area (Å²) in [6, 6.07) is 0. The number of carbonyl (C=O) groups excluding carboxylic acids is 1. The zero-order chi connectivity index (χ0) is 18.1. The molecule has 25 heavy (non-hydrogen) atoms. The van der Waals surface area contributed by atoms with E-state index in [1.807, 2.05) is 0 Å². The molecule has 0 amide bonds. The predicted molar refractivity (Wildman–Crippen MR) is 101 cm³/mol. The summed E-state index contributed by atoms with van der Waals surface area (Å²) in [5.41, 5.74) is 0. The highest BCUT2D eigenvalue weighted by Crippen LogP contribution is 2.38. The van der Waals surface area contributed by atoms with Crippen molar-refractivity contribution < 1.29 is 14.6 Å². The van der Waals surface area contributed by atoms with Gasteiger partial charge in [0.15, 0.2) is 0 Å². The Hall–Kier alpha value is -0.610. The Labute approximate surface area is 154 Å². The van der Waals surface area contributed by atoms with E-state index in [1.165, 1.54) is 38.5 Å². The van der Waals surface area contributed by atoms with Gasteiger partial charge in [0.25, 0.3) is 0 Å². The van der Waals surface area contributed by atoms with Crippen molar-refractivity contribution in [1.82, 2.24) is 4.90 Å². The maximum atomic E-state index is 12.9. The minimum atomic E-state index is -0.510. The van der Waals surface area contributed by atoms with Crippen molar-refractivity contribution in [3.63, 3.8) is 0 Å². The number of likely N-dealkylation sites (N-methyl/N-ethyl adjacent to an activating group) is 1. The second kappa shape index (κ2) is 11.2. The van der Waals surface area contributed by atoms with E-state index in [2.05, 4.69) is 18.7 Å². The average Bonchev–Trinajstić information content (AvgIpc) is 2.67. The van der Waals surface area contributed by atoms with Crippen molar-refractivity contribution in [2.75, 3.05) is 26.2 Å². The lowest BCUT2D eigenvalue weighted by Gasteiger charge is -2.36. The van der Waals surface area contributed by atoms with E-state index in [-0.39, 0.29) is 17.8 Å². The van der Waals surface area contributed by atoms with Gasteiger partial charge < -0.3 is 14.7 Å². The van der Waals surface area contributed by atoms with Crippen molar-refractivity contribution in [3.05, 3.63) is 0 Å². The first-order valence-corrected chi connectivity index (χ1v) is 10.7. The fourth-order valence-corrected chi connectivity index (χ4v) is 4.78. The third-order valence-corrected chi connectivity index (χ3v) is 6.48. The van der Waals surface area contributed by atoms with Gasteiger partial charge in [-0.15, -0.1) is 0 Å². The molecule has 0 spiro atoms. The van der Waals surface area contributed by atoms with Gasteiger partial charge in [0, 0.05) is 6.54 Å². The highest BCUT2D eigenvalue weighted by Gasteiger charge is 2.40. The highest BCUT2D eigenvalue weighted by atomic mass is 16.5. The summed E-state index contributed by atoms with van der Waals surface area (Å²) in [6.07, 6.45) is 11.0. The lowest BCUT2D eigenvalue weighted by atomic mass is 9.72. The zero-order valence-corrected chi connectivity index (χ0v) is 16.4. The Morgan fingerprint density at radius 1 is 0.960 bits per heavy atom. The molecule has 2 atom stereocenters. The first-order valence-electron chi connectivity index (χ1n) is 10.7. The molecule has 2 aliphatic rings. The van der Waals surface area contributed by atoms with Crippen molar-refractivity contribution >= 4 is 5.97 Å². The standard InChI is InChI=1S/C21H39NO3/c1-3-22(4-2)15-16-25-21(24)19(17-11-7-5-8-12-17)20(23)18-13-9-6-10-14-18/h17-20,23H,3-16H2,1-2H3. The van der Waals surface area contributed by atoms with Gasteiger partial charge in [-0.3, -0.25) is 4.79 Å². The molecule has 146 valence electrons. The van der Waals surface area contributed by atoms with Crippen LogP contribution in [0.4, 0.5) is 0 Å². The van der Waals surface area contributed by atoms with Gasteiger partial charge in [-0.2, -0.15) is 0 Å². The minimum absolute atomic E-state index is 0.142. The fraction of sp³-hybridized carbons (Fsp3) is 0.952. The molecule has 0 aromatic carbocycles. The number of rotatable bonds is 9. The number of nitrogens with zero attached hydrogens (tertiary/aromatic N) is 1. The van der Waals surface area contributed by atoms with Crippen LogP contribution in [0.3, 0.4) is 0 Å². The van der Waals surface area contributed by atoms with E-state index < -0.39 is 6.10 Å². The van der Waals surface area contributed by atoms with Crippen LogP contribution >= 0.6 is 0 Å². The van der Waals surface area contributed by atoms with Gasteiger partial charge in [0.2, 0.25) is 0 Å². The molecule has 0 bridgehead atoms. The Morgan fingerprint density at radius 2 is 1.48 bits per heavy atom. The van der Waals surface area contributed by atoms with Crippen LogP contribution in [0.2, 0.25) is 0 Å². The van der Waals surface area contributed by atoms with Gasteiger partial charge in [-0.25, -0.2) is 0 Å². The quantitative estimate of drug-likeness (QED) is 0.636. The van der Waals surface area contributed by atoms with Gasteiger partial charge in [0.05, 0.1) is 12.0 Å². The molecule has 0 heterocycles. The molecule has 2 fully saturated rings. The number of aliphatic hydroxyl groups is 1. The molecule has 0 aromatic rings. The fourth-order valence-electron chi connectivity index (χ4n) is 4.78. The minimum Gasteiger partial charge on any atom is -0.464 e. The number of esters is 1. The molecule has 4 heteroatoms. The Balaban J connectivity index is 1.95. The molecule has 0 aliphatic heterocycles. The van der Waals surface area contributed by atoms with Crippen molar-refractivity contribution in [2.45, 2.75) is 84.2 Å². The molecule has 2 rings (SSSR count). The Bertz CT molecular complexity index is 371. The smallest absolute Gasteiger partial charge is 0.311 e. The number of carbonyl (C=O) groups is 1. The van der Waals surface area contributed by atoms with E-state index in [4.69, 9.17) is 4.74 Å². The molecular weight excluding hydrogens is 314 g/mol. The second-order valence-corrected chi connectivity index (χ2v) is 8.01. The first-order chi connectivity index (χ1) is 12.2. The SMILES string of the molecule is CCN(CC)CCOC(=O)C(C1CCCCC1)C(O)C1CCCCC1. The average molecular weight is 354 g/mol. The molecule has 2 unspecified atom stereocenters. The summed E-state index contributed by atoms with van der Waals surface area (Å²) in [5.74, 6) is 0.153. The Morgan fingerprint density at radius 3 is 2.00 bits per heavy atom. The van der Waals surface area contributed by atoms with Gasteiger partial charge >= 0.3 is 5.97 Å². The summed E-state index contributed by atoms with van der Waals surface area (Å²) in [6.45, 7) is 7.44. The number of hydrogen-bond donors (Lipinski definition) is 1. The normalized spacial score (nSPS) is 22.7. The Kier molecular flexibility index (Phi) is 9.25. The van der Waals surface area contributed by atoms with Gasteiger partial charge in [0.1, 0.15) is 6.61 Å². The van der Waals surface area contributed by atoms with Crippen LogP contribution in [0.1, 0.15) is 78.1 Å². The van der Waals surface area contributed by atoms with Crippen LogP contribution in [-0.4, -0.2) is 48.3 Å².